The molecular weight excluding hydrogens is 142 g/mol. The Kier molecular flexibility index (Phi) is 1.81. The second-order valence-electron chi connectivity index (χ2n) is 3.38. The Morgan fingerprint density at radius 2 is 2.00 bits per heavy atom. The van der Waals surface area contributed by atoms with Crippen LogP contribution in [0.2, 0.25) is 0 Å². The third-order valence-electron chi connectivity index (χ3n) is 1.01. The molecule has 0 aromatic heterocycles. The second kappa shape index (κ2) is 2.49. The van der Waals surface area contributed by atoms with Gasteiger partial charge in [-0.05, 0) is 20.8 Å². The first kappa shape index (κ1) is 7.98. The van der Waals surface area contributed by atoms with Crippen molar-refractivity contribution in [3.05, 3.63) is 12.2 Å². The molecule has 0 fully saturated rings. The first-order valence-corrected chi connectivity index (χ1v) is 3.47. The molecule has 0 aromatic carbocycles. The molecule has 0 unspecified atom stereocenters. The lowest BCUT2D eigenvalue weighted by atomic mass is 10.1. The van der Waals surface area contributed by atoms with Crippen molar-refractivity contribution in [1.82, 2.24) is 0 Å². The van der Waals surface area contributed by atoms with Crippen molar-refractivity contribution in [2.24, 2.45) is 4.99 Å². The average molecular weight is 153 g/mol. The van der Waals surface area contributed by atoms with E-state index in [1.165, 1.54) is 6.08 Å². The number of hydrogen-bond donors (Lipinski definition) is 0. The van der Waals surface area contributed by atoms with Crippen LogP contribution in [0.5, 0.6) is 0 Å². The lowest BCUT2D eigenvalue weighted by Gasteiger charge is -2.11. The molecule has 0 saturated carbocycles. The van der Waals surface area contributed by atoms with Crippen LogP contribution in [0.3, 0.4) is 0 Å². The highest BCUT2D eigenvalue weighted by Crippen LogP contribution is 2.09. The molecule has 1 aliphatic rings. The Bertz CT molecular complexity index is 233. The van der Waals surface area contributed by atoms with E-state index in [2.05, 4.69) is 4.99 Å². The van der Waals surface area contributed by atoms with Crippen molar-refractivity contribution >= 4 is 11.9 Å². The summed E-state index contributed by atoms with van der Waals surface area (Å²) in [6, 6.07) is 0. The first-order chi connectivity index (χ1) is 4.97. The van der Waals surface area contributed by atoms with Gasteiger partial charge < -0.3 is 4.74 Å². The van der Waals surface area contributed by atoms with Crippen LogP contribution in [0, 0.1) is 0 Å². The SMILES string of the molecule is CC(C)(C)N=C1C=CC(=O)O1. The standard InChI is InChI=1S/C8H11NO2/c1-8(2,3)9-6-4-5-7(10)11-6/h4-5H,1-3H3. The molecule has 0 N–H and O–H groups in total. The highest BCUT2D eigenvalue weighted by molar-refractivity contribution is 6.07. The molecular formula is C8H11NO2. The van der Waals surface area contributed by atoms with E-state index in [4.69, 9.17) is 4.74 Å². The minimum atomic E-state index is -0.340. The van der Waals surface area contributed by atoms with Gasteiger partial charge in [0.1, 0.15) is 0 Å². The van der Waals surface area contributed by atoms with Gasteiger partial charge in [-0.25, -0.2) is 9.79 Å². The number of cyclic esters (lactones) is 1. The molecule has 0 spiro atoms. The van der Waals surface area contributed by atoms with Crippen LogP contribution in [0.1, 0.15) is 20.8 Å². The van der Waals surface area contributed by atoms with Crippen molar-refractivity contribution in [3.8, 4) is 0 Å². The summed E-state index contributed by atoms with van der Waals surface area (Å²) in [6.07, 6.45) is 2.94. The molecule has 0 aliphatic carbocycles. The van der Waals surface area contributed by atoms with Crippen LogP contribution in [-0.2, 0) is 9.53 Å². The largest absolute Gasteiger partial charge is 0.405 e. The fourth-order valence-electron chi connectivity index (χ4n) is 0.701. The van der Waals surface area contributed by atoms with E-state index in [1.54, 1.807) is 6.08 Å². The molecule has 0 atom stereocenters. The van der Waals surface area contributed by atoms with Gasteiger partial charge in [0.2, 0.25) is 5.90 Å². The van der Waals surface area contributed by atoms with Gasteiger partial charge >= 0.3 is 5.97 Å². The predicted octanol–water partition coefficient (Wildman–Crippen LogP) is 1.30. The van der Waals surface area contributed by atoms with E-state index in [1.807, 2.05) is 20.8 Å². The summed E-state index contributed by atoms with van der Waals surface area (Å²) in [5.41, 5.74) is -0.190. The molecule has 1 aliphatic heterocycles. The van der Waals surface area contributed by atoms with Gasteiger partial charge in [-0.15, -0.1) is 0 Å². The normalized spacial score (nSPS) is 21.0. The zero-order chi connectivity index (χ0) is 8.48. The Morgan fingerprint density at radius 1 is 1.36 bits per heavy atom. The highest BCUT2D eigenvalue weighted by atomic mass is 16.5. The van der Waals surface area contributed by atoms with Crippen molar-refractivity contribution in [2.75, 3.05) is 0 Å². The van der Waals surface area contributed by atoms with Crippen LogP contribution in [0.15, 0.2) is 17.1 Å². The number of carbonyl (C=O) groups is 1. The number of rotatable bonds is 0. The lowest BCUT2D eigenvalue weighted by molar-refractivity contribution is -0.129. The monoisotopic (exact) mass is 153 g/mol. The molecule has 0 amide bonds. The van der Waals surface area contributed by atoms with E-state index in [0.29, 0.717) is 5.90 Å². The predicted molar refractivity (Wildman–Crippen MR) is 42.4 cm³/mol. The Morgan fingerprint density at radius 3 is 2.36 bits per heavy atom. The van der Waals surface area contributed by atoms with E-state index in [-0.39, 0.29) is 11.5 Å². The van der Waals surface area contributed by atoms with Crippen LogP contribution in [0.25, 0.3) is 0 Å². The minimum absolute atomic E-state index is 0.190. The Hall–Kier alpha value is -1.12. The van der Waals surface area contributed by atoms with Gasteiger partial charge in [0.25, 0.3) is 0 Å². The number of aliphatic imine (C=N–C) groups is 1. The van der Waals surface area contributed by atoms with E-state index < -0.39 is 0 Å². The van der Waals surface area contributed by atoms with E-state index >= 15 is 0 Å². The average Bonchev–Trinajstić information content (AvgIpc) is 2.10. The molecule has 3 heteroatoms. The summed E-state index contributed by atoms with van der Waals surface area (Å²) < 4.78 is 4.74. The lowest BCUT2D eigenvalue weighted by Crippen LogP contribution is -2.14. The van der Waals surface area contributed by atoms with Gasteiger partial charge in [0.05, 0.1) is 5.54 Å². The number of ether oxygens (including phenoxy) is 1. The Balaban J connectivity index is 2.71. The quantitative estimate of drug-likeness (QED) is 0.492. The summed E-state index contributed by atoms with van der Waals surface area (Å²) in [5, 5.41) is 0. The molecule has 0 saturated heterocycles. The number of esters is 1. The van der Waals surface area contributed by atoms with Crippen LogP contribution in [-0.4, -0.2) is 17.4 Å². The molecule has 0 aromatic rings. The maximum absolute atomic E-state index is 10.5. The number of nitrogens with zero attached hydrogens (tertiary/aromatic N) is 1. The summed E-state index contributed by atoms with van der Waals surface area (Å²) in [7, 11) is 0. The molecule has 60 valence electrons. The van der Waals surface area contributed by atoms with Crippen molar-refractivity contribution in [3.63, 3.8) is 0 Å². The van der Waals surface area contributed by atoms with Gasteiger partial charge in [0.15, 0.2) is 0 Å². The Labute approximate surface area is 65.8 Å². The first-order valence-electron chi connectivity index (χ1n) is 3.47. The van der Waals surface area contributed by atoms with Gasteiger partial charge in [-0.2, -0.15) is 0 Å². The smallest absolute Gasteiger partial charge is 0.337 e. The summed E-state index contributed by atoms with van der Waals surface area (Å²) in [6.45, 7) is 5.83. The topological polar surface area (TPSA) is 38.7 Å². The highest BCUT2D eigenvalue weighted by Gasteiger charge is 2.15. The zero-order valence-electron chi connectivity index (χ0n) is 6.92. The van der Waals surface area contributed by atoms with Gasteiger partial charge in [0, 0.05) is 12.2 Å². The number of hydrogen-bond acceptors (Lipinski definition) is 3. The fraction of sp³-hybridized carbons (Fsp3) is 0.500. The van der Waals surface area contributed by atoms with Crippen LogP contribution >= 0.6 is 0 Å². The summed E-state index contributed by atoms with van der Waals surface area (Å²) in [4.78, 5) is 14.7. The molecule has 1 rings (SSSR count). The molecule has 1 heterocycles. The van der Waals surface area contributed by atoms with Crippen molar-refractivity contribution < 1.29 is 9.53 Å². The van der Waals surface area contributed by atoms with Crippen molar-refractivity contribution in [1.29, 1.82) is 0 Å². The summed E-state index contributed by atoms with van der Waals surface area (Å²) >= 11 is 0. The second-order valence-corrected chi connectivity index (χ2v) is 3.38. The third-order valence-corrected chi connectivity index (χ3v) is 1.01. The van der Waals surface area contributed by atoms with E-state index in [0.717, 1.165) is 0 Å². The fourth-order valence-corrected chi connectivity index (χ4v) is 0.701. The van der Waals surface area contributed by atoms with Gasteiger partial charge in [-0.3, -0.25) is 0 Å². The minimum Gasteiger partial charge on any atom is -0.405 e. The third kappa shape index (κ3) is 2.53. The molecule has 11 heavy (non-hydrogen) atoms. The van der Waals surface area contributed by atoms with Crippen LogP contribution in [0.4, 0.5) is 0 Å². The summed E-state index contributed by atoms with van der Waals surface area (Å²) in [5.74, 6) is 0.0653. The maximum atomic E-state index is 10.5. The zero-order valence-corrected chi connectivity index (χ0v) is 6.92. The van der Waals surface area contributed by atoms with Gasteiger partial charge in [-0.1, -0.05) is 0 Å². The molecule has 0 bridgehead atoms. The maximum Gasteiger partial charge on any atom is 0.337 e. The van der Waals surface area contributed by atoms with Crippen molar-refractivity contribution in [2.45, 2.75) is 26.3 Å². The number of carbonyl (C=O) groups excluding carboxylic acids is 1. The molecule has 0 radical (unpaired) electrons. The van der Waals surface area contributed by atoms with Crippen LogP contribution < -0.4 is 0 Å². The molecule has 3 nitrogen and oxygen atoms in total. The van der Waals surface area contributed by atoms with E-state index in [9.17, 15) is 4.79 Å².